The van der Waals surface area contributed by atoms with E-state index in [0.29, 0.717) is 19.6 Å². The van der Waals surface area contributed by atoms with Crippen molar-refractivity contribution in [2.45, 2.75) is 32.7 Å². The number of carbonyl (C=O) groups excluding carboxylic acids is 1. The summed E-state index contributed by atoms with van der Waals surface area (Å²) >= 11 is 0. The standard InChI is InChI=1S/C20H30N2O2/c1-5-12-20(4,22-13-15-24-16-14-22)19(23)17-8-10-18(11-9-17)21(6-2)7-3/h5,8-11H,1,6-7,12-16H2,2-4H3. The molecule has 0 N–H and O–H groups in total. The van der Waals surface area contributed by atoms with Crippen molar-refractivity contribution in [3.63, 3.8) is 0 Å². The van der Waals surface area contributed by atoms with E-state index in [9.17, 15) is 4.79 Å². The number of rotatable bonds is 8. The monoisotopic (exact) mass is 330 g/mol. The predicted molar refractivity (Wildman–Crippen MR) is 99.9 cm³/mol. The first-order chi connectivity index (χ1) is 11.6. The van der Waals surface area contributed by atoms with Crippen molar-refractivity contribution in [2.75, 3.05) is 44.3 Å². The molecule has 1 unspecified atom stereocenters. The zero-order valence-electron chi connectivity index (χ0n) is 15.3. The van der Waals surface area contributed by atoms with Crippen LogP contribution in [0.4, 0.5) is 5.69 Å². The molecule has 1 atom stereocenters. The third-order valence-electron chi connectivity index (χ3n) is 5.00. The number of hydrogen-bond donors (Lipinski definition) is 0. The Hall–Kier alpha value is -1.65. The molecule has 24 heavy (non-hydrogen) atoms. The highest BCUT2D eigenvalue weighted by Gasteiger charge is 2.39. The molecule has 4 heteroatoms. The highest BCUT2D eigenvalue weighted by molar-refractivity contribution is 6.03. The molecule has 1 fully saturated rings. The Morgan fingerprint density at radius 1 is 1.25 bits per heavy atom. The van der Waals surface area contributed by atoms with Crippen LogP contribution in [0, 0.1) is 0 Å². The largest absolute Gasteiger partial charge is 0.379 e. The molecule has 0 bridgehead atoms. The SMILES string of the molecule is C=CCC(C)(C(=O)c1ccc(N(CC)CC)cc1)N1CCOCC1. The van der Waals surface area contributed by atoms with Gasteiger partial charge in [0.05, 0.1) is 18.8 Å². The topological polar surface area (TPSA) is 32.8 Å². The number of anilines is 1. The maximum Gasteiger partial charge on any atom is 0.183 e. The summed E-state index contributed by atoms with van der Waals surface area (Å²) in [6, 6.07) is 8.01. The van der Waals surface area contributed by atoms with Crippen molar-refractivity contribution in [3.05, 3.63) is 42.5 Å². The molecule has 1 aliphatic rings. The second-order valence-electron chi connectivity index (χ2n) is 6.41. The van der Waals surface area contributed by atoms with Gasteiger partial charge in [-0.15, -0.1) is 6.58 Å². The maximum atomic E-state index is 13.2. The van der Waals surface area contributed by atoms with Gasteiger partial charge in [-0.25, -0.2) is 0 Å². The molecule has 1 heterocycles. The van der Waals surface area contributed by atoms with Crippen molar-refractivity contribution in [1.82, 2.24) is 4.90 Å². The van der Waals surface area contributed by atoms with E-state index in [-0.39, 0.29) is 5.78 Å². The summed E-state index contributed by atoms with van der Waals surface area (Å²) < 4.78 is 5.44. The van der Waals surface area contributed by atoms with Gasteiger partial charge in [0.25, 0.3) is 0 Å². The third kappa shape index (κ3) is 3.87. The van der Waals surface area contributed by atoms with Gasteiger partial charge in [-0.3, -0.25) is 9.69 Å². The lowest BCUT2D eigenvalue weighted by Gasteiger charge is -2.41. The van der Waals surface area contributed by atoms with Crippen LogP contribution in [0.2, 0.25) is 0 Å². The van der Waals surface area contributed by atoms with E-state index >= 15 is 0 Å². The predicted octanol–water partition coefficient (Wildman–Crippen LogP) is 3.38. The summed E-state index contributed by atoms with van der Waals surface area (Å²) in [6.45, 7) is 15.0. The van der Waals surface area contributed by atoms with Crippen LogP contribution in [0.15, 0.2) is 36.9 Å². The van der Waals surface area contributed by atoms with E-state index in [0.717, 1.165) is 37.4 Å². The zero-order valence-corrected chi connectivity index (χ0v) is 15.3. The third-order valence-corrected chi connectivity index (χ3v) is 5.00. The number of hydrogen-bond acceptors (Lipinski definition) is 4. The summed E-state index contributed by atoms with van der Waals surface area (Å²) in [5.74, 6) is 0.162. The van der Waals surface area contributed by atoms with Crippen LogP contribution in [0.25, 0.3) is 0 Å². The van der Waals surface area contributed by atoms with Crippen molar-refractivity contribution in [1.29, 1.82) is 0 Å². The van der Waals surface area contributed by atoms with Gasteiger partial charge in [0.15, 0.2) is 5.78 Å². The van der Waals surface area contributed by atoms with Crippen LogP contribution in [-0.4, -0.2) is 55.6 Å². The van der Waals surface area contributed by atoms with Gasteiger partial charge in [-0.05, 0) is 51.5 Å². The summed E-state index contributed by atoms with van der Waals surface area (Å²) in [5, 5.41) is 0. The lowest BCUT2D eigenvalue weighted by molar-refractivity contribution is -0.00871. The molecule has 0 aliphatic carbocycles. The molecule has 0 saturated carbocycles. The fourth-order valence-corrected chi connectivity index (χ4v) is 3.43. The molecule has 0 spiro atoms. The molecule has 0 amide bonds. The van der Waals surface area contributed by atoms with Gasteiger partial charge in [-0.2, -0.15) is 0 Å². The molecule has 4 nitrogen and oxygen atoms in total. The number of morpholine rings is 1. The summed E-state index contributed by atoms with van der Waals surface area (Å²) in [4.78, 5) is 17.7. The Labute approximate surface area is 146 Å². The fourth-order valence-electron chi connectivity index (χ4n) is 3.43. The molecule has 1 aromatic rings. The van der Waals surface area contributed by atoms with Crippen LogP contribution >= 0.6 is 0 Å². The second kappa shape index (κ2) is 8.45. The van der Waals surface area contributed by atoms with Gasteiger partial charge in [0.1, 0.15) is 0 Å². The van der Waals surface area contributed by atoms with Crippen LogP contribution in [0.3, 0.4) is 0 Å². The molecular weight excluding hydrogens is 300 g/mol. The molecule has 0 aromatic heterocycles. The highest BCUT2D eigenvalue weighted by atomic mass is 16.5. The smallest absolute Gasteiger partial charge is 0.183 e. The van der Waals surface area contributed by atoms with E-state index in [1.807, 2.05) is 37.3 Å². The maximum absolute atomic E-state index is 13.2. The molecule has 132 valence electrons. The van der Waals surface area contributed by atoms with E-state index in [1.54, 1.807) is 0 Å². The number of benzene rings is 1. The van der Waals surface area contributed by atoms with Crippen molar-refractivity contribution >= 4 is 11.5 Å². The summed E-state index contributed by atoms with van der Waals surface area (Å²) in [7, 11) is 0. The molecular formula is C20H30N2O2. The van der Waals surface area contributed by atoms with Crippen LogP contribution in [0.5, 0.6) is 0 Å². The number of ketones is 1. The van der Waals surface area contributed by atoms with Crippen molar-refractivity contribution in [2.24, 2.45) is 0 Å². The van der Waals surface area contributed by atoms with Gasteiger partial charge in [0, 0.05) is 37.4 Å². The Bertz CT molecular complexity index is 545. The molecule has 1 saturated heterocycles. The Kier molecular flexibility index (Phi) is 6.58. The van der Waals surface area contributed by atoms with E-state index in [1.165, 1.54) is 0 Å². The molecule has 2 rings (SSSR count). The number of ether oxygens (including phenoxy) is 1. The number of carbonyl (C=O) groups is 1. The highest BCUT2D eigenvalue weighted by Crippen LogP contribution is 2.27. The van der Waals surface area contributed by atoms with Crippen molar-refractivity contribution < 1.29 is 9.53 Å². The average molecular weight is 330 g/mol. The van der Waals surface area contributed by atoms with Gasteiger partial charge < -0.3 is 9.64 Å². The molecule has 0 radical (unpaired) electrons. The van der Waals surface area contributed by atoms with E-state index in [2.05, 4.69) is 30.2 Å². The lowest BCUT2D eigenvalue weighted by Crippen LogP contribution is -2.56. The normalized spacial score (nSPS) is 18.0. The Morgan fingerprint density at radius 2 is 1.83 bits per heavy atom. The minimum atomic E-state index is -0.553. The number of Topliss-reactive ketones (excluding diaryl/α,β-unsaturated/α-hetero) is 1. The average Bonchev–Trinajstić information content (AvgIpc) is 2.63. The number of nitrogens with zero attached hydrogens (tertiary/aromatic N) is 2. The van der Waals surface area contributed by atoms with Crippen LogP contribution < -0.4 is 4.90 Å². The fraction of sp³-hybridized carbons (Fsp3) is 0.550. The van der Waals surface area contributed by atoms with Crippen LogP contribution in [0.1, 0.15) is 37.6 Å². The van der Waals surface area contributed by atoms with Gasteiger partial charge >= 0.3 is 0 Å². The summed E-state index contributed by atoms with van der Waals surface area (Å²) in [5.41, 5.74) is 1.37. The van der Waals surface area contributed by atoms with Gasteiger partial charge in [-0.1, -0.05) is 6.08 Å². The van der Waals surface area contributed by atoms with Crippen LogP contribution in [-0.2, 0) is 4.74 Å². The zero-order chi connectivity index (χ0) is 17.6. The lowest BCUT2D eigenvalue weighted by atomic mass is 9.85. The summed E-state index contributed by atoms with van der Waals surface area (Å²) in [6.07, 6.45) is 2.49. The molecule has 1 aliphatic heterocycles. The minimum absolute atomic E-state index is 0.162. The first-order valence-electron chi connectivity index (χ1n) is 8.90. The first-order valence-corrected chi connectivity index (χ1v) is 8.90. The Balaban J connectivity index is 2.24. The quantitative estimate of drug-likeness (QED) is 0.540. The molecule has 1 aromatic carbocycles. The van der Waals surface area contributed by atoms with Crippen molar-refractivity contribution in [3.8, 4) is 0 Å². The van der Waals surface area contributed by atoms with E-state index in [4.69, 9.17) is 4.74 Å². The second-order valence-corrected chi connectivity index (χ2v) is 6.41. The first kappa shape index (κ1) is 18.7. The van der Waals surface area contributed by atoms with Gasteiger partial charge in [0.2, 0.25) is 0 Å². The van der Waals surface area contributed by atoms with E-state index < -0.39 is 5.54 Å². The Morgan fingerprint density at radius 3 is 2.33 bits per heavy atom. The minimum Gasteiger partial charge on any atom is -0.379 e.